The maximum Gasteiger partial charge on any atom is 0.178 e. The second kappa shape index (κ2) is 8.20. The van der Waals surface area contributed by atoms with Crippen LogP contribution in [0.5, 0.6) is 0 Å². The zero-order valence-corrected chi connectivity index (χ0v) is 20.8. The van der Waals surface area contributed by atoms with Crippen LogP contribution < -0.4 is 9.80 Å². The quantitative estimate of drug-likeness (QED) is 0.255. The van der Waals surface area contributed by atoms with Gasteiger partial charge in [-0.2, -0.15) is 0 Å². The molecule has 0 spiro atoms. The van der Waals surface area contributed by atoms with E-state index >= 15 is 0 Å². The van der Waals surface area contributed by atoms with Gasteiger partial charge in [-0.1, -0.05) is 72.8 Å². The lowest BCUT2D eigenvalue weighted by molar-refractivity contribution is 0.591. The Hall–Kier alpha value is -4.64. The zero-order valence-electron chi connectivity index (χ0n) is 20.8. The van der Waals surface area contributed by atoms with Crippen molar-refractivity contribution >= 4 is 44.9 Å². The fourth-order valence-electron chi connectivity index (χ4n) is 5.32. The molecule has 1 aliphatic heterocycles. The molecule has 0 unspecified atom stereocenters. The predicted molar refractivity (Wildman–Crippen MR) is 150 cm³/mol. The molecule has 0 radical (unpaired) electrons. The fraction of sp³-hybridized carbons (Fsp3) is 0.125. The van der Waals surface area contributed by atoms with E-state index < -0.39 is 5.41 Å². The first kappa shape index (κ1) is 21.6. The van der Waals surface area contributed by atoms with Crippen LogP contribution in [-0.2, 0) is 5.41 Å². The van der Waals surface area contributed by atoms with Gasteiger partial charge in [-0.3, -0.25) is 0 Å². The topological polar surface area (TPSA) is 45.4 Å². The third-order valence-electron chi connectivity index (χ3n) is 7.38. The largest absolute Gasteiger partial charge is 0.456 e. The van der Waals surface area contributed by atoms with Gasteiger partial charge in [0.2, 0.25) is 0 Å². The van der Waals surface area contributed by atoms with Gasteiger partial charge in [0.25, 0.3) is 0 Å². The van der Waals surface area contributed by atoms with E-state index in [4.69, 9.17) is 14.4 Å². The number of hydrogen-bond acceptors (Lipinski definition) is 5. The lowest BCUT2D eigenvalue weighted by Gasteiger charge is -2.26. The van der Waals surface area contributed by atoms with Crippen molar-refractivity contribution in [3.63, 3.8) is 0 Å². The van der Waals surface area contributed by atoms with E-state index in [0.717, 1.165) is 56.2 Å². The molecule has 180 valence electrons. The van der Waals surface area contributed by atoms with Crippen molar-refractivity contribution in [3.8, 4) is 0 Å². The molecule has 5 nitrogen and oxygen atoms in total. The van der Waals surface area contributed by atoms with Gasteiger partial charge in [-0.25, -0.2) is 9.97 Å². The maximum atomic E-state index is 6.38. The summed E-state index contributed by atoms with van der Waals surface area (Å²) >= 11 is 0. The Kier molecular flexibility index (Phi) is 4.80. The summed E-state index contributed by atoms with van der Waals surface area (Å²) in [5.41, 5.74) is 5.55. The molecule has 0 saturated carbocycles. The van der Waals surface area contributed by atoms with E-state index in [1.54, 1.807) is 0 Å². The Labute approximate surface area is 215 Å². The molecule has 7 rings (SSSR count). The highest BCUT2D eigenvalue weighted by Gasteiger charge is 2.35. The molecule has 1 aliphatic rings. The van der Waals surface area contributed by atoms with E-state index in [9.17, 15) is 0 Å². The molecule has 0 amide bonds. The number of benzene rings is 4. The summed E-state index contributed by atoms with van der Waals surface area (Å²) < 4.78 is 6.38. The number of furan rings is 1. The lowest BCUT2D eigenvalue weighted by atomic mass is 9.81. The van der Waals surface area contributed by atoms with Gasteiger partial charge in [-0.15, -0.1) is 0 Å². The van der Waals surface area contributed by atoms with Gasteiger partial charge < -0.3 is 14.2 Å². The first-order chi connectivity index (χ1) is 18.1. The minimum Gasteiger partial charge on any atom is -0.456 e. The second-order valence-electron chi connectivity index (χ2n) is 9.98. The van der Waals surface area contributed by atoms with Crippen molar-refractivity contribution in [2.75, 3.05) is 16.5 Å². The summed E-state index contributed by atoms with van der Waals surface area (Å²) in [4.78, 5) is 14.7. The van der Waals surface area contributed by atoms with Gasteiger partial charge in [0.05, 0.1) is 11.9 Å². The van der Waals surface area contributed by atoms with Crippen LogP contribution >= 0.6 is 0 Å². The van der Waals surface area contributed by atoms with Gasteiger partial charge in [-0.05, 0) is 44.2 Å². The monoisotopic (exact) mass is 482 g/mol. The van der Waals surface area contributed by atoms with Crippen LogP contribution in [0.25, 0.3) is 21.9 Å². The Morgan fingerprint density at radius 2 is 1.30 bits per heavy atom. The van der Waals surface area contributed by atoms with Crippen LogP contribution in [0, 0.1) is 0 Å². The third kappa shape index (κ3) is 3.39. The number of anilines is 4. The number of para-hydroxylation sites is 4. The molecule has 37 heavy (non-hydrogen) atoms. The standard InChI is InChI=1S/C32H26N4O/c1-32(2,26-18-11-17-25-24-16-9-10-19-27(24)37-29(25)26)28-20-33-30-31(34-28)36(23-14-7-4-8-15-23)21-35(30)22-12-5-3-6-13-22/h3-20H,21H2,1-2H3. The molecule has 0 N–H and O–H groups in total. The third-order valence-corrected chi connectivity index (χ3v) is 7.38. The van der Waals surface area contributed by atoms with Crippen molar-refractivity contribution in [3.05, 3.63) is 121 Å². The number of hydrogen-bond donors (Lipinski definition) is 0. The number of rotatable bonds is 4. The van der Waals surface area contributed by atoms with Crippen molar-refractivity contribution < 1.29 is 4.42 Å². The van der Waals surface area contributed by atoms with E-state index in [1.807, 2.05) is 30.5 Å². The maximum absolute atomic E-state index is 6.38. The molecule has 0 aliphatic carbocycles. The van der Waals surface area contributed by atoms with Crippen LogP contribution in [-0.4, -0.2) is 16.6 Å². The molecular weight excluding hydrogens is 456 g/mol. The number of nitrogens with zero attached hydrogens (tertiary/aromatic N) is 4. The van der Waals surface area contributed by atoms with E-state index in [1.165, 1.54) is 0 Å². The summed E-state index contributed by atoms with van der Waals surface area (Å²) in [5.74, 6) is 1.72. The molecule has 2 aromatic heterocycles. The van der Waals surface area contributed by atoms with Crippen LogP contribution in [0.3, 0.4) is 0 Å². The summed E-state index contributed by atoms with van der Waals surface area (Å²) in [6.45, 7) is 5.04. The minimum absolute atomic E-state index is 0.433. The van der Waals surface area contributed by atoms with E-state index in [2.05, 4.69) is 103 Å². The average molecular weight is 483 g/mol. The van der Waals surface area contributed by atoms with Gasteiger partial charge >= 0.3 is 0 Å². The molecule has 5 heteroatoms. The average Bonchev–Trinajstić information content (AvgIpc) is 3.52. The Balaban J connectivity index is 1.39. The molecule has 0 bridgehead atoms. The lowest BCUT2D eigenvalue weighted by Crippen LogP contribution is -2.24. The van der Waals surface area contributed by atoms with Crippen molar-refractivity contribution in [1.29, 1.82) is 0 Å². The summed E-state index contributed by atoms with van der Waals surface area (Å²) in [6, 6.07) is 35.3. The van der Waals surface area contributed by atoms with E-state index in [0.29, 0.717) is 6.67 Å². The highest BCUT2D eigenvalue weighted by Crippen LogP contribution is 2.44. The Bertz CT molecular complexity index is 1740. The van der Waals surface area contributed by atoms with Gasteiger partial charge in [0.1, 0.15) is 17.8 Å². The first-order valence-electron chi connectivity index (χ1n) is 12.5. The van der Waals surface area contributed by atoms with Crippen molar-refractivity contribution in [2.45, 2.75) is 19.3 Å². The molecule has 0 fully saturated rings. The smallest absolute Gasteiger partial charge is 0.178 e. The molecule has 0 atom stereocenters. The second-order valence-corrected chi connectivity index (χ2v) is 9.98. The molecule has 0 saturated heterocycles. The fourth-order valence-corrected chi connectivity index (χ4v) is 5.32. The van der Waals surface area contributed by atoms with Crippen molar-refractivity contribution in [2.24, 2.45) is 0 Å². The van der Waals surface area contributed by atoms with Gasteiger partial charge in [0.15, 0.2) is 11.6 Å². The molecule has 4 aromatic carbocycles. The normalized spacial score (nSPS) is 13.5. The molecule has 6 aromatic rings. The SMILES string of the molecule is CC(C)(c1cnc2c(n1)N(c1ccccc1)CN2c1ccccc1)c1cccc2c1oc1ccccc12. The zero-order chi connectivity index (χ0) is 25.0. The first-order valence-corrected chi connectivity index (χ1v) is 12.5. The minimum atomic E-state index is -0.433. The van der Waals surface area contributed by atoms with Crippen LogP contribution in [0.1, 0.15) is 25.1 Å². The van der Waals surface area contributed by atoms with Crippen LogP contribution in [0.15, 0.2) is 114 Å². The Morgan fingerprint density at radius 3 is 2.03 bits per heavy atom. The van der Waals surface area contributed by atoms with Crippen LogP contribution in [0.4, 0.5) is 23.0 Å². The Morgan fingerprint density at radius 1 is 0.676 bits per heavy atom. The summed E-state index contributed by atoms with van der Waals surface area (Å²) in [5, 5.41) is 2.25. The van der Waals surface area contributed by atoms with Crippen LogP contribution in [0.2, 0.25) is 0 Å². The number of fused-ring (bicyclic) bond motifs is 4. The van der Waals surface area contributed by atoms with E-state index in [-0.39, 0.29) is 0 Å². The molecular formula is C32H26N4O. The predicted octanol–water partition coefficient (Wildman–Crippen LogP) is 7.95. The highest BCUT2D eigenvalue weighted by molar-refractivity contribution is 6.06. The van der Waals surface area contributed by atoms with Crippen molar-refractivity contribution in [1.82, 2.24) is 9.97 Å². The van der Waals surface area contributed by atoms with Gasteiger partial charge in [0, 0.05) is 33.1 Å². The summed E-state index contributed by atoms with van der Waals surface area (Å²) in [6.07, 6.45) is 1.92. The number of aromatic nitrogens is 2. The highest BCUT2D eigenvalue weighted by atomic mass is 16.3. The molecule has 3 heterocycles. The summed E-state index contributed by atoms with van der Waals surface area (Å²) in [7, 11) is 0.